The van der Waals surface area contributed by atoms with Crippen LogP contribution in [0.25, 0.3) is 0 Å². The molecule has 3 heteroatoms. The molecule has 0 radical (unpaired) electrons. The molecule has 0 spiro atoms. The highest BCUT2D eigenvalue weighted by Crippen LogP contribution is 2.23. The number of amides is 1. The van der Waals surface area contributed by atoms with Crippen LogP contribution in [0.2, 0.25) is 0 Å². The molecule has 0 bridgehead atoms. The fourth-order valence-electron chi connectivity index (χ4n) is 2.84. The van der Waals surface area contributed by atoms with Gasteiger partial charge in [-0.3, -0.25) is 4.79 Å². The van der Waals surface area contributed by atoms with Crippen LogP contribution in [0.5, 0.6) is 0 Å². The van der Waals surface area contributed by atoms with Crippen molar-refractivity contribution in [1.82, 2.24) is 5.43 Å². The summed E-state index contributed by atoms with van der Waals surface area (Å²) >= 11 is 0. The normalized spacial score (nSPS) is 22.9. The third-order valence-electron chi connectivity index (χ3n) is 3.98. The van der Waals surface area contributed by atoms with Gasteiger partial charge in [-0.15, -0.1) is 0 Å². The van der Waals surface area contributed by atoms with E-state index in [1.807, 2.05) is 0 Å². The first-order chi connectivity index (χ1) is 8.36. The van der Waals surface area contributed by atoms with E-state index < -0.39 is 0 Å². The first-order valence-electron chi connectivity index (χ1n) is 7.21. The topological polar surface area (TPSA) is 41.5 Å². The van der Waals surface area contributed by atoms with Crippen molar-refractivity contribution >= 4 is 11.6 Å². The number of hydrogen-bond acceptors (Lipinski definition) is 2. The van der Waals surface area contributed by atoms with E-state index in [9.17, 15) is 4.79 Å². The summed E-state index contributed by atoms with van der Waals surface area (Å²) in [7, 11) is 0. The molecule has 2 saturated carbocycles. The highest BCUT2D eigenvalue weighted by atomic mass is 16.2. The number of carbonyl (C=O) groups excluding carboxylic acids is 1. The van der Waals surface area contributed by atoms with Gasteiger partial charge in [0.05, 0.1) is 0 Å². The molecule has 0 aromatic rings. The minimum atomic E-state index is 0.154. The predicted molar refractivity (Wildman–Crippen MR) is 69.9 cm³/mol. The van der Waals surface area contributed by atoms with E-state index >= 15 is 0 Å². The van der Waals surface area contributed by atoms with E-state index in [1.54, 1.807) is 0 Å². The van der Waals surface area contributed by atoms with Crippen LogP contribution in [-0.2, 0) is 4.79 Å². The molecule has 2 fully saturated rings. The molecule has 0 aliphatic heterocycles. The summed E-state index contributed by atoms with van der Waals surface area (Å²) in [6, 6.07) is 0. The van der Waals surface area contributed by atoms with Gasteiger partial charge in [0, 0.05) is 11.6 Å². The van der Waals surface area contributed by atoms with Crippen LogP contribution in [0.4, 0.5) is 0 Å². The van der Waals surface area contributed by atoms with Gasteiger partial charge in [-0.25, -0.2) is 5.43 Å². The van der Waals surface area contributed by atoms with Crippen molar-refractivity contribution in [2.45, 2.75) is 70.6 Å². The second-order valence-electron chi connectivity index (χ2n) is 5.40. The molecule has 0 aromatic carbocycles. The molecule has 96 valence electrons. The van der Waals surface area contributed by atoms with Gasteiger partial charge in [0.1, 0.15) is 0 Å². The molecule has 0 atom stereocenters. The standard InChI is InChI=1S/C14H24N2O/c17-14(12-8-4-3-5-9-12)16-15-13-10-6-1-2-7-11-13/h12H,1-11H2,(H,16,17). The second kappa shape index (κ2) is 6.77. The number of nitrogens with one attached hydrogen (secondary N) is 1. The highest BCUT2D eigenvalue weighted by molar-refractivity contribution is 5.87. The Morgan fingerprint density at radius 2 is 1.53 bits per heavy atom. The van der Waals surface area contributed by atoms with E-state index in [2.05, 4.69) is 10.5 Å². The van der Waals surface area contributed by atoms with Gasteiger partial charge in [0.15, 0.2) is 0 Å². The quantitative estimate of drug-likeness (QED) is 0.579. The van der Waals surface area contributed by atoms with Crippen molar-refractivity contribution < 1.29 is 4.79 Å². The summed E-state index contributed by atoms with van der Waals surface area (Å²) in [6.07, 6.45) is 13.0. The molecule has 0 aromatic heterocycles. The monoisotopic (exact) mass is 236 g/mol. The molecule has 0 heterocycles. The van der Waals surface area contributed by atoms with Crippen LogP contribution >= 0.6 is 0 Å². The van der Waals surface area contributed by atoms with Gasteiger partial charge in [0.2, 0.25) is 5.91 Å². The molecule has 1 N–H and O–H groups in total. The number of hydrogen-bond donors (Lipinski definition) is 1. The lowest BCUT2D eigenvalue weighted by Crippen LogP contribution is -2.29. The zero-order valence-corrected chi connectivity index (χ0v) is 10.7. The van der Waals surface area contributed by atoms with Gasteiger partial charge >= 0.3 is 0 Å². The Morgan fingerprint density at radius 1 is 0.941 bits per heavy atom. The fraction of sp³-hybridized carbons (Fsp3) is 0.857. The van der Waals surface area contributed by atoms with Gasteiger partial charge in [-0.05, 0) is 38.5 Å². The minimum Gasteiger partial charge on any atom is -0.273 e. The molecular formula is C14H24N2O. The van der Waals surface area contributed by atoms with E-state index in [-0.39, 0.29) is 11.8 Å². The number of hydrazone groups is 1. The summed E-state index contributed by atoms with van der Waals surface area (Å²) in [6.45, 7) is 0. The number of rotatable bonds is 2. The average Bonchev–Trinajstić information content (AvgIpc) is 2.65. The lowest BCUT2D eigenvalue weighted by atomic mass is 9.89. The van der Waals surface area contributed by atoms with E-state index in [1.165, 1.54) is 50.7 Å². The minimum absolute atomic E-state index is 0.154. The maximum absolute atomic E-state index is 11.9. The lowest BCUT2D eigenvalue weighted by Gasteiger charge is -2.19. The Bertz CT molecular complexity index is 270. The van der Waals surface area contributed by atoms with Crippen LogP contribution < -0.4 is 5.43 Å². The molecule has 2 aliphatic carbocycles. The van der Waals surface area contributed by atoms with Crippen molar-refractivity contribution in [3.8, 4) is 0 Å². The van der Waals surface area contributed by atoms with Gasteiger partial charge in [-0.1, -0.05) is 32.1 Å². The van der Waals surface area contributed by atoms with Crippen LogP contribution in [0.3, 0.4) is 0 Å². The van der Waals surface area contributed by atoms with Crippen molar-refractivity contribution in [3.63, 3.8) is 0 Å². The molecule has 2 rings (SSSR count). The molecule has 3 nitrogen and oxygen atoms in total. The van der Waals surface area contributed by atoms with Crippen LogP contribution in [0.15, 0.2) is 5.10 Å². The van der Waals surface area contributed by atoms with E-state index in [0.29, 0.717) is 0 Å². The molecule has 17 heavy (non-hydrogen) atoms. The summed E-state index contributed by atoms with van der Waals surface area (Å²) in [5.74, 6) is 0.375. The van der Waals surface area contributed by atoms with Crippen LogP contribution in [0, 0.1) is 5.92 Å². The Labute approximate surface area is 104 Å². The first-order valence-corrected chi connectivity index (χ1v) is 7.21. The summed E-state index contributed by atoms with van der Waals surface area (Å²) in [4.78, 5) is 11.9. The molecule has 0 unspecified atom stereocenters. The zero-order chi connectivity index (χ0) is 11.9. The van der Waals surface area contributed by atoms with Crippen molar-refractivity contribution in [3.05, 3.63) is 0 Å². The third-order valence-corrected chi connectivity index (χ3v) is 3.98. The van der Waals surface area contributed by atoms with E-state index in [0.717, 1.165) is 25.7 Å². The maximum Gasteiger partial charge on any atom is 0.243 e. The van der Waals surface area contributed by atoms with Crippen molar-refractivity contribution in [2.75, 3.05) is 0 Å². The Morgan fingerprint density at radius 3 is 2.18 bits per heavy atom. The first kappa shape index (κ1) is 12.6. The SMILES string of the molecule is O=C(NN=C1CCCCCC1)C1CCCCC1. The highest BCUT2D eigenvalue weighted by Gasteiger charge is 2.20. The second-order valence-corrected chi connectivity index (χ2v) is 5.40. The zero-order valence-electron chi connectivity index (χ0n) is 10.7. The summed E-state index contributed by atoms with van der Waals surface area (Å²) in [5.41, 5.74) is 4.00. The summed E-state index contributed by atoms with van der Waals surface area (Å²) < 4.78 is 0. The number of carbonyl (C=O) groups is 1. The Hall–Kier alpha value is -0.860. The predicted octanol–water partition coefficient (Wildman–Crippen LogP) is 3.39. The third kappa shape index (κ3) is 4.14. The van der Waals surface area contributed by atoms with Gasteiger partial charge in [0.25, 0.3) is 0 Å². The molecule has 0 saturated heterocycles. The maximum atomic E-state index is 11.9. The smallest absolute Gasteiger partial charge is 0.243 e. The number of nitrogens with zero attached hydrogens (tertiary/aromatic N) is 1. The van der Waals surface area contributed by atoms with Crippen LogP contribution in [0.1, 0.15) is 70.6 Å². The molecular weight excluding hydrogens is 212 g/mol. The Balaban J connectivity index is 1.78. The van der Waals surface area contributed by atoms with Crippen LogP contribution in [-0.4, -0.2) is 11.6 Å². The van der Waals surface area contributed by atoms with Crippen molar-refractivity contribution in [1.29, 1.82) is 0 Å². The fourth-order valence-corrected chi connectivity index (χ4v) is 2.84. The lowest BCUT2D eigenvalue weighted by molar-refractivity contribution is -0.125. The molecule has 2 aliphatic rings. The largest absolute Gasteiger partial charge is 0.273 e. The summed E-state index contributed by atoms with van der Waals surface area (Å²) in [5, 5.41) is 4.34. The van der Waals surface area contributed by atoms with Crippen molar-refractivity contribution in [2.24, 2.45) is 11.0 Å². The van der Waals surface area contributed by atoms with Gasteiger partial charge < -0.3 is 0 Å². The Kier molecular flexibility index (Phi) is 5.02. The average molecular weight is 236 g/mol. The van der Waals surface area contributed by atoms with E-state index in [4.69, 9.17) is 0 Å². The molecule has 1 amide bonds. The van der Waals surface area contributed by atoms with Gasteiger partial charge in [-0.2, -0.15) is 5.10 Å².